The molecule has 4 heteroatoms. The molecule has 3 rings (SSSR count). The van der Waals surface area contributed by atoms with Gasteiger partial charge in [-0.15, -0.1) is 0 Å². The van der Waals surface area contributed by atoms with Crippen LogP contribution in [0.5, 0.6) is 0 Å². The van der Waals surface area contributed by atoms with Gasteiger partial charge in [-0.25, -0.2) is 4.98 Å². The van der Waals surface area contributed by atoms with E-state index in [4.69, 9.17) is 5.73 Å². The van der Waals surface area contributed by atoms with Crippen LogP contribution in [-0.2, 0) is 0 Å². The highest BCUT2D eigenvalue weighted by Crippen LogP contribution is 2.29. The second kappa shape index (κ2) is 5.53. The molecule has 19 heavy (non-hydrogen) atoms. The van der Waals surface area contributed by atoms with Crippen molar-refractivity contribution in [2.75, 3.05) is 0 Å². The van der Waals surface area contributed by atoms with Crippen molar-refractivity contribution < 1.29 is 0 Å². The van der Waals surface area contributed by atoms with Crippen molar-refractivity contribution in [1.29, 1.82) is 0 Å². The second-order valence-corrected chi connectivity index (χ2v) is 5.32. The molecule has 2 unspecified atom stereocenters. The Morgan fingerprint density at radius 2 is 1.84 bits per heavy atom. The molecule has 100 valence electrons. The van der Waals surface area contributed by atoms with Crippen LogP contribution in [0.15, 0.2) is 30.3 Å². The maximum Gasteiger partial charge on any atom is 0.181 e. The largest absolute Gasteiger partial charge is 0.327 e. The third-order valence-corrected chi connectivity index (χ3v) is 3.96. The van der Waals surface area contributed by atoms with E-state index in [1.54, 1.807) is 0 Å². The van der Waals surface area contributed by atoms with Crippen molar-refractivity contribution >= 4 is 0 Å². The molecule has 1 heterocycles. The number of nitrogens with zero attached hydrogens (tertiary/aromatic N) is 2. The lowest BCUT2D eigenvalue weighted by Gasteiger charge is -2.18. The monoisotopic (exact) mass is 256 g/mol. The second-order valence-electron chi connectivity index (χ2n) is 5.32. The summed E-state index contributed by atoms with van der Waals surface area (Å²) in [4.78, 5) is 4.65. The predicted octanol–water partition coefficient (Wildman–Crippen LogP) is 2.85. The normalized spacial score (nSPS) is 24.1. The van der Waals surface area contributed by atoms with E-state index in [-0.39, 0.29) is 6.04 Å². The molecule has 0 saturated heterocycles. The first-order chi connectivity index (χ1) is 9.34. The van der Waals surface area contributed by atoms with Crippen molar-refractivity contribution in [2.45, 2.75) is 44.1 Å². The Hall–Kier alpha value is -1.68. The molecule has 0 spiro atoms. The van der Waals surface area contributed by atoms with Crippen molar-refractivity contribution in [3.8, 4) is 11.4 Å². The molecule has 4 nitrogen and oxygen atoms in total. The van der Waals surface area contributed by atoms with Crippen LogP contribution in [0.4, 0.5) is 0 Å². The van der Waals surface area contributed by atoms with Crippen LogP contribution in [0, 0.1) is 0 Å². The van der Waals surface area contributed by atoms with Gasteiger partial charge in [0.15, 0.2) is 5.82 Å². The number of rotatable bonds is 2. The number of nitrogens with two attached hydrogens (primary N) is 1. The van der Waals surface area contributed by atoms with E-state index >= 15 is 0 Å². The maximum atomic E-state index is 6.27. The van der Waals surface area contributed by atoms with Crippen molar-refractivity contribution in [3.63, 3.8) is 0 Å². The van der Waals surface area contributed by atoms with E-state index in [1.165, 1.54) is 19.3 Å². The molecular weight excluding hydrogens is 236 g/mol. The van der Waals surface area contributed by atoms with E-state index in [2.05, 4.69) is 15.2 Å². The molecule has 1 aromatic carbocycles. The van der Waals surface area contributed by atoms with Gasteiger partial charge < -0.3 is 5.73 Å². The Balaban J connectivity index is 1.84. The quantitative estimate of drug-likeness (QED) is 0.812. The summed E-state index contributed by atoms with van der Waals surface area (Å²) >= 11 is 0. The van der Waals surface area contributed by atoms with Gasteiger partial charge in [-0.1, -0.05) is 49.6 Å². The standard InChI is InChI=1S/C15H20N4/c16-13-10-6-2-5-9-12(13)15-17-14(18-19-15)11-7-3-1-4-8-11/h1,3-4,7-8,12-13H,2,5-6,9-10,16H2,(H,17,18,19). The van der Waals surface area contributed by atoms with Crippen LogP contribution in [-0.4, -0.2) is 21.2 Å². The molecular formula is C15H20N4. The molecule has 1 aliphatic carbocycles. The van der Waals surface area contributed by atoms with Crippen LogP contribution in [0.25, 0.3) is 11.4 Å². The minimum Gasteiger partial charge on any atom is -0.327 e. The summed E-state index contributed by atoms with van der Waals surface area (Å²) < 4.78 is 0. The highest BCUT2D eigenvalue weighted by atomic mass is 15.2. The Morgan fingerprint density at radius 3 is 2.68 bits per heavy atom. The highest BCUT2D eigenvalue weighted by molar-refractivity contribution is 5.53. The zero-order valence-electron chi connectivity index (χ0n) is 11.0. The van der Waals surface area contributed by atoms with E-state index in [1.807, 2.05) is 30.3 Å². The van der Waals surface area contributed by atoms with Crippen LogP contribution in [0.1, 0.15) is 43.8 Å². The van der Waals surface area contributed by atoms with Gasteiger partial charge in [-0.05, 0) is 12.8 Å². The summed E-state index contributed by atoms with van der Waals surface area (Å²) in [5, 5.41) is 7.43. The average Bonchev–Trinajstić information content (AvgIpc) is 2.83. The molecule has 2 aromatic rings. The number of hydrogen-bond acceptors (Lipinski definition) is 3. The Labute approximate surface area is 113 Å². The highest BCUT2D eigenvalue weighted by Gasteiger charge is 2.25. The summed E-state index contributed by atoms with van der Waals surface area (Å²) in [6.45, 7) is 0. The van der Waals surface area contributed by atoms with Gasteiger partial charge in [-0.3, -0.25) is 5.10 Å². The first kappa shape index (κ1) is 12.4. The van der Waals surface area contributed by atoms with Gasteiger partial charge in [0.25, 0.3) is 0 Å². The predicted molar refractivity (Wildman–Crippen MR) is 75.6 cm³/mol. The first-order valence-electron chi connectivity index (χ1n) is 7.08. The zero-order chi connectivity index (χ0) is 13.1. The number of benzene rings is 1. The van der Waals surface area contributed by atoms with Crippen molar-refractivity contribution in [2.24, 2.45) is 5.73 Å². The van der Waals surface area contributed by atoms with Gasteiger partial charge in [0.05, 0.1) is 0 Å². The van der Waals surface area contributed by atoms with E-state index in [9.17, 15) is 0 Å². The molecule has 1 fully saturated rings. The van der Waals surface area contributed by atoms with Crippen molar-refractivity contribution in [3.05, 3.63) is 36.2 Å². The molecule has 0 radical (unpaired) electrons. The van der Waals surface area contributed by atoms with Gasteiger partial charge in [0.2, 0.25) is 0 Å². The minimum atomic E-state index is 0.207. The maximum absolute atomic E-state index is 6.27. The zero-order valence-corrected chi connectivity index (χ0v) is 11.0. The Morgan fingerprint density at radius 1 is 1.05 bits per heavy atom. The molecule has 1 aliphatic rings. The van der Waals surface area contributed by atoms with Gasteiger partial charge in [-0.2, -0.15) is 5.10 Å². The molecule has 1 aromatic heterocycles. The van der Waals surface area contributed by atoms with Crippen LogP contribution < -0.4 is 5.73 Å². The fourth-order valence-electron chi connectivity index (χ4n) is 2.83. The van der Waals surface area contributed by atoms with Crippen LogP contribution in [0.3, 0.4) is 0 Å². The molecule has 0 bridgehead atoms. The fraction of sp³-hybridized carbons (Fsp3) is 0.467. The summed E-state index contributed by atoms with van der Waals surface area (Å²) in [6, 6.07) is 10.3. The smallest absolute Gasteiger partial charge is 0.181 e. The van der Waals surface area contributed by atoms with Crippen LogP contribution >= 0.6 is 0 Å². The van der Waals surface area contributed by atoms with Crippen molar-refractivity contribution in [1.82, 2.24) is 15.2 Å². The number of hydrogen-bond donors (Lipinski definition) is 2. The third kappa shape index (κ3) is 2.68. The Kier molecular flexibility index (Phi) is 3.60. The van der Waals surface area contributed by atoms with Crippen LogP contribution in [0.2, 0.25) is 0 Å². The summed E-state index contributed by atoms with van der Waals surface area (Å²) in [5.41, 5.74) is 7.32. The number of aromatic nitrogens is 3. The molecule has 1 saturated carbocycles. The molecule has 0 amide bonds. The number of nitrogens with one attached hydrogen (secondary N) is 1. The summed E-state index contributed by atoms with van der Waals surface area (Å²) in [7, 11) is 0. The lowest BCUT2D eigenvalue weighted by atomic mass is 9.95. The summed E-state index contributed by atoms with van der Waals surface area (Å²) in [5.74, 6) is 2.05. The number of aromatic amines is 1. The topological polar surface area (TPSA) is 67.6 Å². The lowest BCUT2D eigenvalue weighted by molar-refractivity contribution is 0.485. The number of H-pyrrole nitrogens is 1. The lowest BCUT2D eigenvalue weighted by Crippen LogP contribution is -2.28. The summed E-state index contributed by atoms with van der Waals surface area (Å²) in [6.07, 6.45) is 5.96. The van der Waals surface area contributed by atoms with E-state index in [0.717, 1.165) is 30.1 Å². The third-order valence-electron chi connectivity index (χ3n) is 3.96. The average molecular weight is 256 g/mol. The first-order valence-corrected chi connectivity index (χ1v) is 7.08. The van der Waals surface area contributed by atoms with Gasteiger partial charge in [0, 0.05) is 17.5 Å². The fourth-order valence-corrected chi connectivity index (χ4v) is 2.83. The molecule has 3 N–H and O–H groups in total. The van der Waals surface area contributed by atoms with Gasteiger partial charge in [0.1, 0.15) is 5.82 Å². The van der Waals surface area contributed by atoms with E-state index < -0.39 is 0 Å². The molecule has 0 aliphatic heterocycles. The van der Waals surface area contributed by atoms with E-state index in [0.29, 0.717) is 5.92 Å². The minimum absolute atomic E-state index is 0.207. The SMILES string of the molecule is NC1CCCCCC1c1nc(-c2ccccc2)n[nH]1. The van der Waals surface area contributed by atoms with Gasteiger partial charge >= 0.3 is 0 Å². The Bertz CT molecular complexity index is 520. The molecule has 2 atom stereocenters.